The highest BCUT2D eigenvalue weighted by Crippen LogP contribution is 2.43. The fraction of sp³-hybridized carbons (Fsp3) is 1.00. The Kier molecular flexibility index (Phi) is 5.44. The summed E-state index contributed by atoms with van der Waals surface area (Å²) in [5, 5.41) is 0. The summed E-state index contributed by atoms with van der Waals surface area (Å²) in [5.41, 5.74) is 0. The topological polar surface area (TPSA) is 21.7 Å². The summed E-state index contributed by atoms with van der Waals surface area (Å²) in [6, 6.07) is 0. The second-order valence-corrected chi connectivity index (χ2v) is 4.73. The average Bonchev–Trinajstić information content (AvgIpc) is 2.09. The van der Waals surface area contributed by atoms with Gasteiger partial charge < -0.3 is 9.05 Å². The molecular weight excluding hydrogens is 197 g/mol. The minimum atomic E-state index is -0.770. The van der Waals surface area contributed by atoms with Crippen LogP contribution in [-0.2, 0) is 9.05 Å². The lowest BCUT2D eigenvalue weighted by atomic mass is 10.5. The molecular formula is C7H15ClNO2P. The predicted molar refractivity (Wildman–Crippen MR) is 51.4 cm³/mol. The van der Waals surface area contributed by atoms with Crippen LogP contribution in [0.2, 0.25) is 0 Å². The van der Waals surface area contributed by atoms with Crippen molar-refractivity contribution < 1.29 is 9.05 Å². The molecule has 1 atom stereocenters. The van der Waals surface area contributed by atoms with Crippen LogP contribution in [0.3, 0.4) is 0 Å². The summed E-state index contributed by atoms with van der Waals surface area (Å²) >= 11 is 5.53. The van der Waals surface area contributed by atoms with Gasteiger partial charge in [-0.2, -0.15) is 0 Å². The summed E-state index contributed by atoms with van der Waals surface area (Å²) in [6.07, 6.45) is 2.01. The van der Waals surface area contributed by atoms with Crippen molar-refractivity contribution in [1.29, 1.82) is 0 Å². The largest absolute Gasteiger partial charge is 0.322 e. The van der Waals surface area contributed by atoms with E-state index in [4.69, 9.17) is 20.6 Å². The van der Waals surface area contributed by atoms with Crippen LogP contribution in [0.4, 0.5) is 0 Å². The Morgan fingerprint density at radius 1 is 1.67 bits per heavy atom. The second kappa shape index (κ2) is 6.11. The van der Waals surface area contributed by atoms with E-state index in [-0.39, 0.29) is 0 Å². The Labute approximate surface area is 79.9 Å². The van der Waals surface area contributed by atoms with Crippen molar-refractivity contribution in [1.82, 2.24) is 4.67 Å². The van der Waals surface area contributed by atoms with Crippen LogP contribution in [0.25, 0.3) is 0 Å². The summed E-state index contributed by atoms with van der Waals surface area (Å²) in [6.45, 7) is 2.61. The van der Waals surface area contributed by atoms with E-state index in [1.807, 2.05) is 7.05 Å². The molecule has 0 spiro atoms. The van der Waals surface area contributed by atoms with Crippen molar-refractivity contribution in [3.63, 3.8) is 0 Å². The van der Waals surface area contributed by atoms with Crippen LogP contribution >= 0.6 is 20.1 Å². The van der Waals surface area contributed by atoms with Gasteiger partial charge in [-0.15, -0.1) is 11.6 Å². The highest BCUT2D eigenvalue weighted by Gasteiger charge is 2.20. The van der Waals surface area contributed by atoms with Gasteiger partial charge in [0.15, 0.2) is 0 Å². The van der Waals surface area contributed by atoms with Crippen LogP contribution in [0.1, 0.15) is 12.8 Å². The molecule has 0 N–H and O–H groups in total. The number of hydrogen-bond acceptors (Lipinski definition) is 3. The van der Waals surface area contributed by atoms with Gasteiger partial charge in [-0.1, -0.05) is 0 Å². The van der Waals surface area contributed by atoms with Crippen LogP contribution in [0.5, 0.6) is 0 Å². The van der Waals surface area contributed by atoms with Gasteiger partial charge in [0.1, 0.15) is 0 Å². The first-order chi connectivity index (χ1) is 5.84. The molecule has 0 aliphatic carbocycles. The molecule has 0 amide bonds. The van der Waals surface area contributed by atoms with E-state index in [0.717, 1.165) is 26.0 Å². The third-order valence-electron chi connectivity index (χ3n) is 1.59. The van der Waals surface area contributed by atoms with Crippen LogP contribution < -0.4 is 0 Å². The maximum Gasteiger partial charge on any atom is 0.258 e. The maximum atomic E-state index is 5.53. The van der Waals surface area contributed by atoms with Crippen LogP contribution in [-0.4, -0.2) is 37.4 Å². The molecule has 1 saturated heterocycles. The van der Waals surface area contributed by atoms with E-state index in [9.17, 15) is 0 Å². The highest BCUT2D eigenvalue weighted by atomic mass is 35.5. The summed E-state index contributed by atoms with van der Waals surface area (Å²) in [5.74, 6) is 0.660. The molecule has 5 heteroatoms. The van der Waals surface area contributed by atoms with Gasteiger partial charge in [0.25, 0.3) is 8.53 Å². The predicted octanol–water partition coefficient (Wildman–Crippen LogP) is 2.21. The van der Waals surface area contributed by atoms with Crippen molar-refractivity contribution in [3.05, 3.63) is 0 Å². The molecule has 0 aromatic heterocycles. The van der Waals surface area contributed by atoms with Crippen molar-refractivity contribution >= 4 is 20.1 Å². The van der Waals surface area contributed by atoms with E-state index in [1.54, 1.807) is 0 Å². The third kappa shape index (κ3) is 3.55. The normalized spacial score (nSPS) is 26.0. The third-order valence-corrected chi connectivity index (χ3v) is 3.42. The number of hydrogen-bond donors (Lipinski definition) is 0. The van der Waals surface area contributed by atoms with E-state index < -0.39 is 8.53 Å². The molecule has 3 nitrogen and oxygen atoms in total. The number of rotatable bonds is 4. The van der Waals surface area contributed by atoms with Crippen molar-refractivity contribution in [2.75, 3.05) is 32.7 Å². The Hall–Kier alpha value is 0.600. The number of alkyl halides is 1. The lowest BCUT2D eigenvalue weighted by Gasteiger charge is -2.30. The van der Waals surface area contributed by atoms with E-state index >= 15 is 0 Å². The van der Waals surface area contributed by atoms with E-state index in [0.29, 0.717) is 12.5 Å². The standard InChI is InChI=1S/C7H15ClNO2P/c1-9-5-3-7-11-12(9)10-6-2-4-8/h2-7H2,1H3. The Morgan fingerprint density at radius 3 is 3.17 bits per heavy atom. The average molecular weight is 212 g/mol. The molecule has 1 fully saturated rings. The molecule has 1 aliphatic rings. The lowest BCUT2D eigenvalue weighted by molar-refractivity contribution is 0.179. The van der Waals surface area contributed by atoms with E-state index in [1.165, 1.54) is 0 Å². The molecule has 1 unspecified atom stereocenters. The van der Waals surface area contributed by atoms with Crippen molar-refractivity contribution in [2.45, 2.75) is 12.8 Å². The molecule has 0 aromatic carbocycles. The first-order valence-electron chi connectivity index (χ1n) is 4.17. The Morgan fingerprint density at radius 2 is 2.50 bits per heavy atom. The monoisotopic (exact) mass is 211 g/mol. The molecule has 0 bridgehead atoms. The van der Waals surface area contributed by atoms with Gasteiger partial charge >= 0.3 is 0 Å². The molecule has 1 heterocycles. The first kappa shape index (κ1) is 10.7. The molecule has 12 heavy (non-hydrogen) atoms. The van der Waals surface area contributed by atoms with Gasteiger partial charge in [0.2, 0.25) is 0 Å². The Bertz CT molecular complexity index is 128. The smallest absolute Gasteiger partial charge is 0.258 e. The molecule has 1 aliphatic heterocycles. The fourth-order valence-corrected chi connectivity index (χ4v) is 2.40. The summed E-state index contributed by atoms with van der Waals surface area (Å²) in [7, 11) is 1.26. The summed E-state index contributed by atoms with van der Waals surface area (Å²) < 4.78 is 13.1. The number of halogens is 1. The van der Waals surface area contributed by atoms with Crippen LogP contribution in [0, 0.1) is 0 Å². The zero-order valence-electron chi connectivity index (χ0n) is 7.33. The van der Waals surface area contributed by atoms with Gasteiger partial charge in [-0.25, -0.2) is 4.67 Å². The maximum absolute atomic E-state index is 5.53. The minimum Gasteiger partial charge on any atom is -0.322 e. The quantitative estimate of drug-likeness (QED) is 0.404. The Balaban J connectivity index is 2.11. The van der Waals surface area contributed by atoms with Gasteiger partial charge in [0.05, 0.1) is 13.2 Å². The molecule has 72 valence electrons. The SMILES string of the molecule is CN1CCCOP1OCCCCl. The zero-order chi connectivity index (χ0) is 8.81. The zero-order valence-corrected chi connectivity index (χ0v) is 8.98. The lowest BCUT2D eigenvalue weighted by Crippen LogP contribution is -2.23. The summed E-state index contributed by atoms with van der Waals surface area (Å²) in [4.78, 5) is 0. The molecule has 0 aromatic rings. The number of nitrogens with zero attached hydrogens (tertiary/aromatic N) is 1. The van der Waals surface area contributed by atoms with E-state index in [2.05, 4.69) is 4.67 Å². The molecule has 0 saturated carbocycles. The first-order valence-corrected chi connectivity index (χ1v) is 5.84. The van der Waals surface area contributed by atoms with Crippen LogP contribution in [0.15, 0.2) is 0 Å². The van der Waals surface area contributed by atoms with Crippen molar-refractivity contribution in [3.8, 4) is 0 Å². The molecule has 1 rings (SSSR count). The second-order valence-electron chi connectivity index (χ2n) is 2.68. The highest BCUT2D eigenvalue weighted by molar-refractivity contribution is 7.44. The van der Waals surface area contributed by atoms with Gasteiger partial charge in [0, 0.05) is 12.4 Å². The minimum absolute atomic E-state index is 0.660. The fourth-order valence-electron chi connectivity index (χ4n) is 0.949. The van der Waals surface area contributed by atoms with Gasteiger partial charge in [-0.05, 0) is 19.9 Å². The van der Waals surface area contributed by atoms with Crippen molar-refractivity contribution in [2.24, 2.45) is 0 Å². The van der Waals surface area contributed by atoms with Gasteiger partial charge in [-0.3, -0.25) is 0 Å². The molecule has 0 radical (unpaired) electrons.